The highest BCUT2D eigenvalue weighted by Crippen LogP contribution is 2.55. The van der Waals surface area contributed by atoms with Crippen molar-refractivity contribution >= 4 is 27.6 Å². The summed E-state index contributed by atoms with van der Waals surface area (Å²) < 4.78 is 37.6. The van der Waals surface area contributed by atoms with E-state index in [0.29, 0.717) is 23.4 Å². The molecule has 0 saturated heterocycles. The van der Waals surface area contributed by atoms with Crippen LogP contribution in [0.15, 0.2) is 53.4 Å². The molecule has 1 saturated carbocycles. The third-order valence-corrected chi connectivity index (χ3v) is 6.48. The van der Waals surface area contributed by atoms with E-state index in [1.54, 1.807) is 36.4 Å². The number of carbonyl (C=O) groups excluding carboxylic acids is 2. The lowest BCUT2D eigenvalue weighted by Crippen LogP contribution is -2.28. The number of ether oxygens (including phenoxy) is 2. The fourth-order valence-corrected chi connectivity index (χ4v) is 4.50. The molecule has 29 heavy (non-hydrogen) atoms. The zero-order valence-electron chi connectivity index (χ0n) is 16.0. The summed E-state index contributed by atoms with van der Waals surface area (Å²) in [5.74, 6) is -1.08. The molecule has 0 radical (unpaired) electrons. The van der Waals surface area contributed by atoms with E-state index in [1.807, 2.05) is 0 Å². The lowest BCUT2D eigenvalue weighted by Gasteiger charge is -2.15. The van der Waals surface area contributed by atoms with Crippen LogP contribution in [0.1, 0.15) is 12.0 Å². The summed E-state index contributed by atoms with van der Waals surface area (Å²) in [6.45, 7) is 0. The number of benzene rings is 2. The van der Waals surface area contributed by atoms with E-state index < -0.39 is 33.2 Å². The van der Waals surface area contributed by atoms with E-state index in [0.717, 1.165) is 0 Å². The molecule has 1 aliphatic rings. The number of methoxy groups -OCH3 is 2. The van der Waals surface area contributed by atoms with E-state index in [9.17, 15) is 18.0 Å². The molecule has 1 amide bonds. The third kappa shape index (κ3) is 4.19. The molecule has 0 heterocycles. The first-order chi connectivity index (χ1) is 13.7. The Labute approximate surface area is 169 Å². The van der Waals surface area contributed by atoms with E-state index in [1.165, 1.54) is 26.4 Å². The van der Waals surface area contributed by atoms with E-state index in [2.05, 4.69) is 4.72 Å². The van der Waals surface area contributed by atoms with E-state index >= 15 is 0 Å². The maximum absolute atomic E-state index is 12.6. The van der Waals surface area contributed by atoms with Gasteiger partial charge in [-0.2, -0.15) is 0 Å². The molecule has 0 aromatic heterocycles. The Kier molecular flexibility index (Phi) is 5.52. The maximum atomic E-state index is 12.6. The van der Waals surface area contributed by atoms with Crippen molar-refractivity contribution in [3.05, 3.63) is 54.1 Å². The molecule has 0 aliphatic heterocycles. The van der Waals surface area contributed by atoms with Crippen LogP contribution in [0.3, 0.4) is 0 Å². The zero-order chi connectivity index (χ0) is 21.2. The third-order valence-electron chi connectivity index (χ3n) is 5.08. The minimum absolute atomic E-state index is 0.0886. The lowest BCUT2D eigenvalue weighted by atomic mass is 9.93. The molecule has 3 N–H and O–H groups in total. The SMILES string of the molecule is COC(=O)[C@@]1(Cc2cccc(NS(=O)(=O)c3ccc(OC)cc3)c2)CC1C(N)=O. The predicted octanol–water partition coefficient (Wildman–Crippen LogP) is 1.70. The number of hydrogen-bond acceptors (Lipinski definition) is 6. The van der Waals surface area contributed by atoms with Gasteiger partial charge in [-0.15, -0.1) is 0 Å². The van der Waals surface area contributed by atoms with Crippen LogP contribution in [-0.4, -0.2) is 34.5 Å². The number of primary amides is 1. The number of rotatable bonds is 8. The number of nitrogens with two attached hydrogens (primary N) is 1. The quantitative estimate of drug-likeness (QED) is 0.629. The average Bonchev–Trinajstić information content (AvgIpc) is 3.43. The molecule has 2 atom stereocenters. The average molecular weight is 418 g/mol. The van der Waals surface area contributed by atoms with Gasteiger partial charge in [-0.3, -0.25) is 14.3 Å². The number of hydrogen-bond donors (Lipinski definition) is 2. The Hall–Kier alpha value is -3.07. The fourth-order valence-electron chi connectivity index (χ4n) is 3.45. The second-order valence-corrected chi connectivity index (χ2v) is 8.65. The fraction of sp³-hybridized carbons (Fsp3) is 0.300. The number of nitrogens with one attached hydrogen (secondary N) is 1. The first-order valence-corrected chi connectivity index (χ1v) is 10.3. The van der Waals surface area contributed by atoms with Crippen molar-refractivity contribution in [2.75, 3.05) is 18.9 Å². The molecule has 1 fully saturated rings. The topological polar surface area (TPSA) is 125 Å². The van der Waals surface area contributed by atoms with E-state index in [-0.39, 0.29) is 11.3 Å². The van der Waals surface area contributed by atoms with Gasteiger partial charge < -0.3 is 15.2 Å². The normalized spacial score (nSPS) is 20.6. The lowest BCUT2D eigenvalue weighted by molar-refractivity contribution is -0.148. The number of amides is 1. The molecule has 1 aliphatic carbocycles. The highest BCUT2D eigenvalue weighted by molar-refractivity contribution is 7.92. The van der Waals surface area contributed by atoms with Crippen LogP contribution in [0, 0.1) is 11.3 Å². The minimum atomic E-state index is -3.80. The summed E-state index contributed by atoms with van der Waals surface area (Å²) in [6.07, 6.45) is 0.544. The molecule has 0 spiro atoms. The van der Waals surface area contributed by atoms with Gasteiger partial charge in [0.15, 0.2) is 0 Å². The summed E-state index contributed by atoms with van der Waals surface area (Å²) in [4.78, 5) is 23.9. The number of anilines is 1. The molecule has 2 aromatic carbocycles. The van der Waals surface area contributed by atoms with Gasteiger partial charge in [0.2, 0.25) is 5.91 Å². The Balaban J connectivity index is 1.80. The Morgan fingerprint density at radius 2 is 1.86 bits per heavy atom. The van der Waals surface area contributed by atoms with Crippen molar-refractivity contribution in [3.63, 3.8) is 0 Å². The molecule has 2 aromatic rings. The molecule has 3 rings (SSSR count). The van der Waals surface area contributed by atoms with Crippen LogP contribution in [0.2, 0.25) is 0 Å². The van der Waals surface area contributed by atoms with Crippen LogP contribution >= 0.6 is 0 Å². The Bertz CT molecular complexity index is 1040. The van der Waals surface area contributed by atoms with Crippen molar-refractivity contribution in [1.82, 2.24) is 0 Å². The summed E-state index contributed by atoms with van der Waals surface area (Å²) in [6, 6.07) is 12.7. The van der Waals surface area contributed by atoms with Crippen molar-refractivity contribution in [3.8, 4) is 5.75 Å². The molecule has 9 heteroatoms. The van der Waals surface area contributed by atoms with Gasteiger partial charge in [0.1, 0.15) is 5.75 Å². The van der Waals surface area contributed by atoms with Crippen LogP contribution in [0.4, 0.5) is 5.69 Å². The maximum Gasteiger partial charge on any atom is 0.312 e. The second kappa shape index (κ2) is 7.75. The Morgan fingerprint density at radius 3 is 2.41 bits per heavy atom. The molecular formula is C20H22N2O6S. The molecule has 8 nitrogen and oxygen atoms in total. The number of esters is 1. The second-order valence-electron chi connectivity index (χ2n) is 6.96. The van der Waals surface area contributed by atoms with Gasteiger partial charge in [0, 0.05) is 5.69 Å². The summed E-state index contributed by atoms with van der Waals surface area (Å²) >= 11 is 0. The van der Waals surface area contributed by atoms with Crippen LogP contribution < -0.4 is 15.2 Å². The number of sulfonamides is 1. The standard InChI is InChI=1S/C20H22N2O6S/c1-27-15-6-8-16(9-7-15)29(25,26)22-14-5-3-4-13(10-14)11-20(19(24)28-2)12-17(20)18(21)23/h3-10,17,22H,11-12H2,1-2H3,(H2,21,23)/t17?,20-/m0/s1. The molecule has 0 bridgehead atoms. The van der Waals surface area contributed by atoms with Crippen LogP contribution in [0.5, 0.6) is 5.75 Å². The van der Waals surface area contributed by atoms with Crippen molar-refractivity contribution < 1.29 is 27.5 Å². The smallest absolute Gasteiger partial charge is 0.312 e. The zero-order valence-corrected chi connectivity index (χ0v) is 16.9. The highest BCUT2D eigenvalue weighted by atomic mass is 32.2. The Morgan fingerprint density at radius 1 is 1.17 bits per heavy atom. The minimum Gasteiger partial charge on any atom is -0.497 e. The monoisotopic (exact) mass is 418 g/mol. The van der Waals surface area contributed by atoms with Gasteiger partial charge in [-0.05, 0) is 54.8 Å². The molecule has 1 unspecified atom stereocenters. The molecular weight excluding hydrogens is 396 g/mol. The largest absolute Gasteiger partial charge is 0.497 e. The predicted molar refractivity (Wildman–Crippen MR) is 106 cm³/mol. The van der Waals surface area contributed by atoms with Gasteiger partial charge in [0.05, 0.1) is 30.4 Å². The van der Waals surface area contributed by atoms with Gasteiger partial charge in [0.25, 0.3) is 10.0 Å². The van der Waals surface area contributed by atoms with Crippen molar-refractivity contribution in [2.24, 2.45) is 17.1 Å². The van der Waals surface area contributed by atoms with Crippen LogP contribution in [-0.2, 0) is 30.8 Å². The van der Waals surface area contributed by atoms with Crippen molar-refractivity contribution in [2.45, 2.75) is 17.7 Å². The van der Waals surface area contributed by atoms with Gasteiger partial charge in [-0.25, -0.2) is 8.42 Å². The number of carbonyl (C=O) groups is 2. The first-order valence-electron chi connectivity index (χ1n) is 8.85. The van der Waals surface area contributed by atoms with Crippen LogP contribution in [0.25, 0.3) is 0 Å². The highest BCUT2D eigenvalue weighted by Gasteiger charge is 2.63. The summed E-state index contributed by atoms with van der Waals surface area (Å²) in [5.41, 5.74) is 5.41. The van der Waals surface area contributed by atoms with Gasteiger partial charge >= 0.3 is 5.97 Å². The van der Waals surface area contributed by atoms with Crippen molar-refractivity contribution in [1.29, 1.82) is 0 Å². The summed E-state index contributed by atoms with van der Waals surface area (Å²) in [7, 11) is -1.04. The molecule has 154 valence electrons. The van der Waals surface area contributed by atoms with Gasteiger partial charge in [-0.1, -0.05) is 12.1 Å². The summed E-state index contributed by atoms with van der Waals surface area (Å²) in [5, 5.41) is 0. The van der Waals surface area contributed by atoms with E-state index in [4.69, 9.17) is 15.2 Å². The first kappa shape index (κ1) is 20.7.